The predicted molar refractivity (Wildman–Crippen MR) is 148 cm³/mol. The molecule has 0 atom stereocenters. The molecule has 0 aliphatic heterocycles. The number of hydrogen-bond acceptors (Lipinski definition) is 6. The van der Waals surface area contributed by atoms with Crippen LogP contribution in [0, 0.1) is 12.8 Å². The number of rotatable bonds is 7. The highest BCUT2D eigenvalue weighted by Crippen LogP contribution is 2.30. The molecule has 0 spiro atoms. The minimum atomic E-state index is 0.704. The van der Waals surface area contributed by atoms with E-state index in [1.807, 2.05) is 60.8 Å². The largest absolute Gasteiger partial charge is 0.336 e. The molecule has 9 heteroatoms. The van der Waals surface area contributed by atoms with Crippen molar-refractivity contribution >= 4 is 21.9 Å². The minimum Gasteiger partial charge on any atom is -0.336 e. The van der Waals surface area contributed by atoms with Crippen LogP contribution in [0.3, 0.4) is 0 Å². The molecule has 0 unspecified atom stereocenters. The van der Waals surface area contributed by atoms with Crippen LogP contribution in [0.2, 0.25) is 0 Å². The zero-order chi connectivity index (χ0) is 25.5. The first kappa shape index (κ1) is 22.8. The fourth-order valence-electron chi connectivity index (χ4n) is 5.51. The number of imidazole rings is 2. The second-order valence-corrected chi connectivity index (χ2v) is 10.2. The van der Waals surface area contributed by atoms with Crippen molar-refractivity contribution in [3.8, 4) is 28.5 Å². The number of para-hydroxylation sites is 1. The van der Waals surface area contributed by atoms with Crippen molar-refractivity contribution in [3.63, 3.8) is 0 Å². The maximum atomic E-state index is 4.95. The predicted octanol–water partition coefficient (Wildman–Crippen LogP) is 5.34. The Morgan fingerprint density at radius 1 is 1.05 bits per heavy atom. The molecule has 1 aromatic carbocycles. The lowest BCUT2D eigenvalue weighted by Crippen LogP contribution is -2.20. The number of pyridine rings is 2. The highest BCUT2D eigenvalue weighted by molar-refractivity contribution is 5.95. The topological polar surface area (TPSA) is 113 Å². The third-order valence-corrected chi connectivity index (χ3v) is 7.48. The molecule has 9 nitrogen and oxygen atoms in total. The van der Waals surface area contributed by atoms with Crippen LogP contribution in [-0.4, -0.2) is 46.2 Å². The maximum Gasteiger partial charge on any atom is 0.159 e. The summed E-state index contributed by atoms with van der Waals surface area (Å²) in [5, 5.41) is 12.3. The van der Waals surface area contributed by atoms with E-state index in [1.54, 1.807) is 0 Å². The van der Waals surface area contributed by atoms with Gasteiger partial charge in [-0.15, -0.1) is 0 Å². The highest BCUT2D eigenvalue weighted by Gasteiger charge is 2.17. The molecule has 3 N–H and O–H groups in total. The Bertz CT molecular complexity index is 1740. The van der Waals surface area contributed by atoms with Crippen molar-refractivity contribution in [1.82, 2.24) is 45.0 Å². The molecule has 190 valence electrons. The Labute approximate surface area is 219 Å². The van der Waals surface area contributed by atoms with E-state index in [1.165, 1.54) is 25.7 Å². The summed E-state index contributed by atoms with van der Waals surface area (Å²) in [5.74, 6) is 1.52. The molecule has 1 fully saturated rings. The van der Waals surface area contributed by atoms with Gasteiger partial charge in [0, 0.05) is 36.1 Å². The Morgan fingerprint density at radius 3 is 2.84 bits per heavy atom. The molecule has 38 heavy (non-hydrogen) atoms. The van der Waals surface area contributed by atoms with Gasteiger partial charge in [0.2, 0.25) is 0 Å². The first-order valence-corrected chi connectivity index (χ1v) is 13.2. The number of aryl methyl sites for hydroxylation is 1. The summed E-state index contributed by atoms with van der Waals surface area (Å²) in [6.07, 6.45) is 14.9. The molecule has 0 radical (unpaired) electrons. The molecule has 1 aliphatic carbocycles. The summed E-state index contributed by atoms with van der Waals surface area (Å²) in [4.78, 5) is 22.0. The monoisotopic (exact) mass is 503 g/mol. The summed E-state index contributed by atoms with van der Waals surface area (Å²) in [5.41, 5.74) is 8.36. The van der Waals surface area contributed by atoms with Crippen molar-refractivity contribution in [1.29, 1.82) is 0 Å². The van der Waals surface area contributed by atoms with Crippen LogP contribution in [0.1, 0.15) is 36.9 Å². The lowest BCUT2D eigenvalue weighted by Gasteiger charge is -2.11. The average molecular weight is 504 g/mol. The van der Waals surface area contributed by atoms with Crippen LogP contribution in [0.25, 0.3) is 50.4 Å². The van der Waals surface area contributed by atoms with Gasteiger partial charge in [0.05, 0.1) is 40.6 Å². The van der Waals surface area contributed by atoms with E-state index in [0.717, 1.165) is 74.8 Å². The average Bonchev–Trinajstić information content (AvgIpc) is 3.74. The lowest BCUT2D eigenvalue weighted by atomic mass is 10.1. The van der Waals surface area contributed by atoms with Gasteiger partial charge in [0.1, 0.15) is 11.2 Å². The minimum absolute atomic E-state index is 0.704. The summed E-state index contributed by atoms with van der Waals surface area (Å²) < 4.78 is 2.00. The number of nitrogens with one attached hydrogen (secondary N) is 3. The number of nitrogens with zero attached hydrogens (tertiary/aromatic N) is 6. The highest BCUT2D eigenvalue weighted by atomic mass is 15.1. The molecule has 6 aromatic rings. The zero-order valence-electron chi connectivity index (χ0n) is 21.3. The van der Waals surface area contributed by atoms with E-state index in [2.05, 4.69) is 42.6 Å². The van der Waals surface area contributed by atoms with Gasteiger partial charge in [-0.05, 0) is 62.1 Å². The van der Waals surface area contributed by atoms with Gasteiger partial charge >= 0.3 is 0 Å². The number of aromatic nitrogens is 8. The van der Waals surface area contributed by atoms with Gasteiger partial charge in [-0.2, -0.15) is 5.10 Å². The molecule has 0 bridgehead atoms. The fourth-order valence-corrected chi connectivity index (χ4v) is 5.51. The van der Waals surface area contributed by atoms with Gasteiger partial charge in [-0.3, -0.25) is 15.1 Å². The summed E-state index contributed by atoms with van der Waals surface area (Å²) in [6, 6.07) is 10.3. The van der Waals surface area contributed by atoms with Gasteiger partial charge in [0.25, 0.3) is 0 Å². The van der Waals surface area contributed by atoms with Crippen molar-refractivity contribution in [3.05, 3.63) is 72.7 Å². The van der Waals surface area contributed by atoms with Crippen LogP contribution >= 0.6 is 0 Å². The second-order valence-electron chi connectivity index (χ2n) is 10.2. The number of fused-ring (bicyclic) bond motifs is 2. The van der Waals surface area contributed by atoms with Crippen molar-refractivity contribution in [2.45, 2.75) is 39.2 Å². The third kappa shape index (κ3) is 4.24. The molecule has 7 rings (SSSR count). The summed E-state index contributed by atoms with van der Waals surface area (Å²) in [7, 11) is 0. The van der Waals surface area contributed by atoms with E-state index in [0.29, 0.717) is 5.82 Å². The van der Waals surface area contributed by atoms with E-state index < -0.39 is 0 Å². The Kier molecular flexibility index (Phi) is 5.70. The summed E-state index contributed by atoms with van der Waals surface area (Å²) in [6.45, 7) is 3.87. The fraction of sp³-hybridized carbons (Fsp3) is 0.276. The number of H-pyrrole nitrogens is 2. The van der Waals surface area contributed by atoms with Gasteiger partial charge in [0.15, 0.2) is 5.82 Å². The second kappa shape index (κ2) is 9.50. The molecular formula is C29H29N9. The van der Waals surface area contributed by atoms with Gasteiger partial charge in [-0.25, -0.2) is 9.97 Å². The van der Waals surface area contributed by atoms with Gasteiger partial charge < -0.3 is 14.9 Å². The molecule has 5 heterocycles. The van der Waals surface area contributed by atoms with Crippen LogP contribution < -0.4 is 5.32 Å². The number of benzene rings is 1. The molecule has 0 saturated heterocycles. The Hall–Kier alpha value is -4.37. The number of aromatic amines is 2. The molecular weight excluding hydrogens is 474 g/mol. The summed E-state index contributed by atoms with van der Waals surface area (Å²) >= 11 is 0. The maximum absolute atomic E-state index is 4.95. The Morgan fingerprint density at radius 2 is 1.97 bits per heavy atom. The van der Waals surface area contributed by atoms with Crippen molar-refractivity contribution < 1.29 is 0 Å². The van der Waals surface area contributed by atoms with Crippen LogP contribution in [-0.2, 0) is 6.54 Å². The van der Waals surface area contributed by atoms with E-state index in [4.69, 9.17) is 9.97 Å². The Balaban J connectivity index is 1.20. The van der Waals surface area contributed by atoms with Gasteiger partial charge in [-0.1, -0.05) is 18.9 Å². The SMILES string of the molecule is Cc1cn(-c2cccc3[nH]c(-c4n[nH]c5cnc(-c6cncc(CNCC7CCCC7)c6)cc45)nc23)cn1. The molecule has 1 saturated carbocycles. The first-order valence-electron chi connectivity index (χ1n) is 13.2. The lowest BCUT2D eigenvalue weighted by molar-refractivity contribution is 0.489. The van der Waals surface area contributed by atoms with Crippen LogP contribution in [0.5, 0.6) is 0 Å². The smallest absolute Gasteiger partial charge is 0.159 e. The van der Waals surface area contributed by atoms with Crippen LogP contribution in [0.15, 0.2) is 61.4 Å². The normalized spacial score (nSPS) is 14.2. The molecule has 5 aromatic heterocycles. The van der Waals surface area contributed by atoms with E-state index >= 15 is 0 Å². The quantitative estimate of drug-likeness (QED) is 0.271. The molecule has 1 aliphatic rings. The standard InChI is InChI=1S/C29H29N9/c1-18-16-38(17-33-18)26-8-4-7-23-28(26)35-29(34-23)27-22-10-24(32-15-25(22)36-37-27)21-9-20(13-31-14-21)12-30-11-19-5-2-3-6-19/h4,7-10,13-17,19,30H,2-3,5-6,11-12H2,1H3,(H,34,35)(H,36,37). The van der Waals surface area contributed by atoms with E-state index in [-0.39, 0.29) is 0 Å². The van der Waals surface area contributed by atoms with Crippen LogP contribution in [0.4, 0.5) is 0 Å². The van der Waals surface area contributed by atoms with E-state index in [9.17, 15) is 0 Å². The zero-order valence-corrected chi connectivity index (χ0v) is 21.3. The van der Waals surface area contributed by atoms with Crippen molar-refractivity contribution in [2.75, 3.05) is 6.54 Å². The number of hydrogen-bond donors (Lipinski definition) is 3. The van der Waals surface area contributed by atoms with Crippen molar-refractivity contribution in [2.24, 2.45) is 5.92 Å². The third-order valence-electron chi connectivity index (χ3n) is 7.48. The molecule has 0 amide bonds. The first-order chi connectivity index (χ1) is 18.7.